The van der Waals surface area contributed by atoms with Crippen LogP contribution in [-0.4, -0.2) is 53.8 Å². The van der Waals surface area contributed by atoms with E-state index in [1.807, 2.05) is 6.20 Å². The SMILES string of the molecule is Cc1nccc(N2C[C@@H]3C[C@H](C2)c2ccc(CN4C[C@H]5COC[C@H]5C4)c(=O)n2C3)c1C. The highest BCUT2D eigenvalue weighted by atomic mass is 16.5. The van der Waals surface area contributed by atoms with E-state index in [0.29, 0.717) is 23.7 Å². The summed E-state index contributed by atoms with van der Waals surface area (Å²) in [6.45, 7) is 11.8. The van der Waals surface area contributed by atoms with Gasteiger partial charge in [-0.2, -0.15) is 0 Å². The van der Waals surface area contributed by atoms with E-state index in [2.05, 4.69) is 51.4 Å². The van der Waals surface area contributed by atoms with E-state index in [-0.39, 0.29) is 5.56 Å². The van der Waals surface area contributed by atoms with Crippen molar-refractivity contribution >= 4 is 5.69 Å². The number of nitrogens with zero attached hydrogens (tertiary/aromatic N) is 4. The first-order chi connectivity index (χ1) is 15.1. The molecule has 31 heavy (non-hydrogen) atoms. The molecule has 6 nitrogen and oxygen atoms in total. The van der Waals surface area contributed by atoms with Gasteiger partial charge in [0.1, 0.15) is 0 Å². The van der Waals surface area contributed by atoms with Crippen molar-refractivity contribution in [3.63, 3.8) is 0 Å². The van der Waals surface area contributed by atoms with Crippen molar-refractivity contribution in [2.75, 3.05) is 44.3 Å². The minimum absolute atomic E-state index is 0.241. The maximum Gasteiger partial charge on any atom is 0.255 e. The Hall–Kier alpha value is -2.18. The molecule has 0 radical (unpaired) electrons. The van der Waals surface area contributed by atoms with Gasteiger partial charge < -0.3 is 14.2 Å². The van der Waals surface area contributed by atoms with Gasteiger partial charge in [0, 0.05) is 85.9 Å². The zero-order valence-corrected chi connectivity index (χ0v) is 18.6. The highest BCUT2D eigenvalue weighted by Gasteiger charge is 2.38. The van der Waals surface area contributed by atoms with E-state index in [0.717, 1.165) is 63.7 Å². The molecule has 3 fully saturated rings. The molecule has 6 rings (SSSR count). The molecular formula is C25H32N4O2. The number of piperidine rings is 1. The fourth-order valence-electron chi connectivity index (χ4n) is 6.43. The van der Waals surface area contributed by atoms with Crippen LogP contribution in [-0.2, 0) is 17.8 Å². The first kappa shape index (κ1) is 19.5. The van der Waals surface area contributed by atoms with Crippen LogP contribution in [0.2, 0.25) is 0 Å². The van der Waals surface area contributed by atoms with Crippen LogP contribution < -0.4 is 10.5 Å². The summed E-state index contributed by atoms with van der Waals surface area (Å²) in [7, 11) is 0. The highest BCUT2D eigenvalue weighted by Crippen LogP contribution is 2.38. The number of ether oxygens (including phenoxy) is 1. The highest BCUT2D eigenvalue weighted by molar-refractivity contribution is 5.55. The number of hydrogen-bond donors (Lipinski definition) is 0. The van der Waals surface area contributed by atoms with E-state index in [1.165, 1.54) is 23.4 Å². The van der Waals surface area contributed by atoms with Crippen LogP contribution in [0.25, 0.3) is 0 Å². The zero-order chi connectivity index (χ0) is 21.1. The molecule has 0 N–H and O–H groups in total. The number of likely N-dealkylation sites (tertiary alicyclic amines) is 1. The summed E-state index contributed by atoms with van der Waals surface area (Å²) in [5.74, 6) is 2.26. The second kappa shape index (κ2) is 7.45. The number of aromatic nitrogens is 2. The Bertz CT molecular complexity index is 1050. The quantitative estimate of drug-likeness (QED) is 0.764. The molecule has 0 spiro atoms. The Labute approximate surface area is 183 Å². The average molecular weight is 421 g/mol. The van der Waals surface area contributed by atoms with Gasteiger partial charge in [-0.1, -0.05) is 6.07 Å². The summed E-state index contributed by atoms with van der Waals surface area (Å²) in [6, 6.07) is 6.50. The third-order valence-electron chi connectivity index (χ3n) is 8.16. The lowest BCUT2D eigenvalue weighted by Crippen LogP contribution is -2.48. The average Bonchev–Trinajstić information content (AvgIpc) is 3.34. The van der Waals surface area contributed by atoms with E-state index >= 15 is 0 Å². The molecule has 4 atom stereocenters. The monoisotopic (exact) mass is 420 g/mol. The molecule has 3 saturated heterocycles. The van der Waals surface area contributed by atoms with Gasteiger partial charge in [0.15, 0.2) is 0 Å². The minimum atomic E-state index is 0.241. The molecule has 0 saturated carbocycles. The van der Waals surface area contributed by atoms with Crippen LogP contribution in [0.5, 0.6) is 0 Å². The van der Waals surface area contributed by atoms with Crippen LogP contribution in [0, 0.1) is 31.6 Å². The lowest BCUT2D eigenvalue weighted by molar-refractivity contribution is 0.152. The second-order valence-electron chi connectivity index (χ2n) is 10.2. The Morgan fingerprint density at radius 2 is 1.84 bits per heavy atom. The summed E-state index contributed by atoms with van der Waals surface area (Å²) in [5.41, 5.74) is 6.11. The first-order valence-corrected chi connectivity index (χ1v) is 11.8. The molecule has 0 unspecified atom stereocenters. The van der Waals surface area contributed by atoms with Crippen molar-refractivity contribution in [2.24, 2.45) is 17.8 Å². The topological polar surface area (TPSA) is 50.6 Å². The molecule has 4 aliphatic heterocycles. The van der Waals surface area contributed by atoms with Gasteiger partial charge in [-0.25, -0.2) is 0 Å². The van der Waals surface area contributed by atoms with Crippen molar-refractivity contribution in [3.8, 4) is 0 Å². The van der Waals surface area contributed by atoms with E-state index in [4.69, 9.17) is 4.74 Å². The summed E-state index contributed by atoms with van der Waals surface area (Å²) in [5, 5.41) is 0. The number of anilines is 1. The van der Waals surface area contributed by atoms with Gasteiger partial charge in [0.25, 0.3) is 5.56 Å². The Balaban J connectivity index is 1.24. The fourth-order valence-corrected chi connectivity index (χ4v) is 6.43. The number of fused-ring (bicyclic) bond motifs is 5. The third kappa shape index (κ3) is 3.31. The molecule has 164 valence electrons. The lowest BCUT2D eigenvalue weighted by Gasteiger charge is -2.44. The predicted octanol–water partition coefficient (Wildman–Crippen LogP) is 2.56. The summed E-state index contributed by atoms with van der Waals surface area (Å²) < 4.78 is 7.71. The van der Waals surface area contributed by atoms with Crippen LogP contribution in [0.1, 0.15) is 34.9 Å². The number of pyridine rings is 2. The lowest BCUT2D eigenvalue weighted by atomic mass is 9.82. The second-order valence-corrected chi connectivity index (χ2v) is 10.2. The molecule has 6 heteroatoms. The van der Waals surface area contributed by atoms with Crippen molar-refractivity contribution in [3.05, 3.63) is 57.3 Å². The van der Waals surface area contributed by atoms with Crippen LogP contribution in [0.15, 0.2) is 29.2 Å². The number of rotatable bonds is 3. The van der Waals surface area contributed by atoms with Crippen molar-refractivity contribution < 1.29 is 4.74 Å². The van der Waals surface area contributed by atoms with Gasteiger partial charge in [-0.3, -0.25) is 14.7 Å². The standard InChI is InChI=1S/C25H32N4O2/c1-16-17(2)26-6-5-23(16)28-8-18-7-20(13-28)24-4-3-19(25(30)29(24)9-18)10-27-11-21-14-31-15-22(21)12-27/h3-6,18,20-22H,7-15H2,1-2H3/t18-,20+,21-,22+/m0/s1. The maximum atomic E-state index is 13.4. The number of hydrogen-bond acceptors (Lipinski definition) is 5. The van der Waals surface area contributed by atoms with Crippen LogP contribution >= 0.6 is 0 Å². The molecular weight excluding hydrogens is 388 g/mol. The van der Waals surface area contributed by atoms with Crippen LogP contribution in [0.4, 0.5) is 5.69 Å². The van der Waals surface area contributed by atoms with E-state index in [1.54, 1.807) is 0 Å². The van der Waals surface area contributed by atoms with Gasteiger partial charge in [0.05, 0.1) is 13.2 Å². The Morgan fingerprint density at radius 1 is 1.03 bits per heavy atom. The van der Waals surface area contributed by atoms with Crippen molar-refractivity contribution in [1.29, 1.82) is 0 Å². The molecule has 2 bridgehead atoms. The smallest absolute Gasteiger partial charge is 0.255 e. The molecule has 4 aliphatic rings. The van der Waals surface area contributed by atoms with E-state index < -0.39 is 0 Å². The molecule has 0 aromatic carbocycles. The third-order valence-corrected chi connectivity index (χ3v) is 8.16. The molecule has 6 heterocycles. The Morgan fingerprint density at radius 3 is 2.65 bits per heavy atom. The zero-order valence-electron chi connectivity index (χ0n) is 18.6. The predicted molar refractivity (Wildman–Crippen MR) is 121 cm³/mol. The maximum absolute atomic E-state index is 13.4. The van der Waals surface area contributed by atoms with Crippen molar-refractivity contribution in [2.45, 2.75) is 39.3 Å². The van der Waals surface area contributed by atoms with Crippen LogP contribution in [0.3, 0.4) is 0 Å². The molecule has 0 aliphatic carbocycles. The van der Waals surface area contributed by atoms with Crippen molar-refractivity contribution in [1.82, 2.24) is 14.5 Å². The van der Waals surface area contributed by atoms with Gasteiger partial charge in [-0.15, -0.1) is 0 Å². The van der Waals surface area contributed by atoms with Gasteiger partial charge in [0.2, 0.25) is 0 Å². The summed E-state index contributed by atoms with van der Waals surface area (Å²) in [4.78, 5) is 22.8. The van der Waals surface area contributed by atoms with Gasteiger partial charge in [-0.05, 0) is 43.9 Å². The van der Waals surface area contributed by atoms with E-state index in [9.17, 15) is 4.79 Å². The molecule has 2 aromatic rings. The summed E-state index contributed by atoms with van der Waals surface area (Å²) in [6.07, 6.45) is 3.11. The normalized spacial score (nSPS) is 29.8. The first-order valence-electron chi connectivity index (χ1n) is 11.8. The number of aryl methyl sites for hydroxylation is 1. The molecule has 2 aromatic heterocycles. The summed E-state index contributed by atoms with van der Waals surface area (Å²) >= 11 is 0. The Kier molecular flexibility index (Phi) is 4.69. The minimum Gasteiger partial charge on any atom is -0.381 e. The van der Waals surface area contributed by atoms with Gasteiger partial charge >= 0.3 is 0 Å². The fraction of sp³-hybridized carbons (Fsp3) is 0.600. The largest absolute Gasteiger partial charge is 0.381 e. The molecule has 0 amide bonds.